The minimum atomic E-state index is -0.00366. The van der Waals surface area contributed by atoms with Gasteiger partial charge < -0.3 is 11.1 Å². The first-order chi connectivity index (χ1) is 8.16. The number of anilines is 1. The van der Waals surface area contributed by atoms with Gasteiger partial charge in [-0.25, -0.2) is 0 Å². The topological polar surface area (TPSA) is 55.1 Å². The van der Waals surface area contributed by atoms with Crippen molar-refractivity contribution in [1.82, 2.24) is 5.32 Å². The molecule has 2 rings (SSSR count). The van der Waals surface area contributed by atoms with Crippen molar-refractivity contribution in [3.63, 3.8) is 0 Å². The first-order valence-corrected chi connectivity index (χ1v) is 6.33. The van der Waals surface area contributed by atoms with E-state index < -0.39 is 0 Å². The maximum atomic E-state index is 12.0. The quantitative estimate of drug-likeness (QED) is 0.770. The lowest BCUT2D eigenvalue weighted by Crippen LogP contribution is -2.41. The van der Waals surface area contributed by atoms with Crippen LogP contribution in [0.2, 0.25) is 0 Å². The Morgan fingerprint density at radius 3 is 2.82 bits per heavy atom. The molecule has 0 bridgehead atoms. The van der Waals surface area contributed by atoms with E-state index >= 15 is 0 Å². The summed E-state index contributed by atoms with van der Waals surface area (Å²) in [5.74, 6) is 0.574. The van der Waals surface area contributed by atoms with Crippen LogP contribution in [0.5, 0.6) is 0 Å². The van der Waals surface area contributed by atoms with Crippen molar-refractivity contribution < 1.29 is 4.79 Å². The number of nitrogen functional groups attached to an aromatic ring is 1. The lowest BCUT2D eigenvalue weighted by atomic mass is 9.86. The van der Waals surface area contributed by atoms with Crippen LogP contribution in [-0.4, -0.2) is 11.9 Å². The van der Waals surface area contributed by atoms with Gasteiger partial charge >= 0.3 is 0 Å². The fourth-order valence-electron chi connectivity index (χ4n) is 2.46. The fraction of sp³-hybridized carbons (Fsp3) is 0.500. The summed E-state index contributed by atoms with van der Waals surface area (Å²) < 4.78 is 0. The highest BCUT2D eigenvalue weighted by atomic mass is 16.1. The summed E-state index contributed by atoms with van der Waals surface area (Å²) in [6.45, 7) is 2.21. The summed E-state index contributed by atoms with van der Waals surface area (Å²) in [4.78, 5) is 12.0. The van der Waals surface area contributed by atoms with Gasteiger partial charge in [-0.15, -0.1) is 0 Å². The third-order valence-corrected chi connectivity index (χ3v) is 3.58. The average molecular weight is 232 g/mol. The molecular formula is C14H20N2O. The summed E-state index contributed by atoms with van der Waals surface area (Å²) in [7, 11) is 0. The molecule has 1 aliphatic rings. The molecular weight excluding hydrogens is 212 g/mol. The van der Waals surface area contributed by atoms with Crippen LogP contribution in [0, 0.1) is 5.92 Å². The highest BCUT2D eigenvalue weighted by molar-refractivity contribution is 5.95. The van der Waals surface area contributed by atoms with Crippen molar-refractivity contribution in [3.05, 3.63) is 29.8 Å². The first kappa shape index (κ1) is 12.0. The molecule has 0 spiro atoms. The molecule has 3 N–H and O–H groups in total. The number of rotatable bonds is 2. The average Bonchev–Trinajstić information content (AvgIpc) is 2.32. The fourth-order valence-corrected chi connectivity index (χ4v) is 2.46. The predicted molar refractivity (Wildman–Crippen MR) is 69.7 cm³/mol. The van der Waals surface area contributed by atoms with Crippen LogP contribution in [0.25, 0.3) is 0 Å². The molecule has 0 radical (unpaired) electrons. The minimum Gasteiger partial charge on any atom is -0.399 e. The van der Waals surface area contributed by atoms with Gasteiger partial charge in [-0.1, -0.05) is 25.8 Å². The lowest BCUT2D eigenvalue weighted by molar-refractivity contribution is 0.0910. The van der Waals surface area contributed by atoms with Crippen LogP contribution in [0.3, 0.4) is 0 Å². The van der Waals surface area contributed by atoms with E-state index in [0.29, 0.717) is 23.2 Å². The molecule has 1 amide bonds. The third-order valence-electron chi connectivity index (χ3n) is 3.58. The van der Waals surface area contributed by atoms with Gasteiger partial charge in [0.1, 0.15) is 0 Å². The second-order valence-electron chi connectivity index (χ2n) is 4.97. The Kier molecular flexibility index (Phi) is 3.67. The zero-order valence-electron chi connectivity index (χ0n) is 10.3. The number of hydrogen-bond donors (Lipinski definition) is 2. The number of carbonyl (C=O) groups is 1. The minimum absolute atomic E-state index is 0.00366. The van der Waals surface area contributed by atoms with E-state index in [1.54, 1.807) is 18.2 Å². The molecule has 3 nitrogen and oxygen atoms in total. The van der Waals surface area contributed by atoms with Crippen LogP contribution in [0.1, 0.15) is 43.0 Å². The second-order valence-corrected chi connectivity index (χ2v) is 4.97. The molecule has 3 heteroatoms. The Hall–Kier alpha value is -1.51. The maximum absolute atomic E-state index is 12.0. The van der Waals surface area contributed by atoms with Crippen LogP contribution in [0.15, 0.2) is 24.3 Å². The summed E-state index contributed by atoms with van der Waals surface area (Å²) in [6, 6.07) is 7.45. The van der Waals surface area contributed by atoms with Gasteiger partial charge in [-0.05, 0) is 37.0 Å². The second kappa shape index (κ2) is 5.21. The zero-order chi connectivity index (χ0) is 12.3. The number of amides is 1. The van der Waals surface area contributed by atoms with E-state index in [1.165, 1.54) is 19.3 Å². The molecule has 1 aromatic rings. The van der Waals surface area contributed by atoms with Crippen molar-refractivity contribution in [1.29, 1.82) is 0 Å². The summed E-state index contributed by atoms with van der Waals surface area (Å²) in [6.07, 6.45) is 4.80. The van der Waals surface area contributed by atoms with E-state index in [0.717, 1.165) is 6.42 Å². The molecule has 0 aromatic heterocycles. The van der Waals surface area contributed by atoms with Crippen LogP contribution >= 0.6 is 0 Å². The molecule has 92 valence electrons. The van der Waals surface area contributed by atoms with E-state index in [4.69, 9.17) is 5.73 Å². The van der Waals surface area contributed by atoms with E-state index in [-0.39, 0.29) is 5.91 Å². The Morgan fingerprint density at radius 2 is 2.12 bits per heavy atom. The van der Waals surface area contributed by atoms with Gasteiger partial charge in [0.05, 0.1) is 0 Å². The smallest absolute Gasteiger partial charge is 0.251 e. The predicted octanol–water partition coefficient (Wildman–Crippen LogP) is 2.58. The number of nitrogens with one attached hydrogen (secondary N) is 1. The summed E-state index contributed by atoms with van der Waals surface area (Å²) in [5.41, 5.74) is 6.97. The van der Waals surface area contributed by atoms with Crippen LogP contribution in [0.4, 0.5) is 5.69 Å². The molecule has 17 heavy (non-hydrogen) atoms. The molecule has 1 fully saturated rings. The molecule has 0 saturated heterocycles. The van der Waals surface area contributed by atoms with E-state index in [9.17, 15) is 4.79 Å². The number of benzene rings is 1. The number of hydrogen-bond acceptors (Lipinski definition) is 2. The molecule has 0 unspecified atom stereocenters. The van der Waals surface area contributed by atoms with Gasteiger partial charge in [-0.2, -0.15) is 0 Å². The van der Waals surface area contributed by atoms with Crippen LogP contribution < -0.4 is 11.1 Å². The first-order valence-electron chi connectivity index (χ1n) is 6.33. The van der Waals surface area contributed by atoms with Gasteiger partial charge in [0.25, 0.3) is 5.91 Å². The molecule has 1 aliphatic carbocycles. The molecule has 1 saturated carbocycles. The largest absolute Gasteiger partial charge is 0.399 e. The highest BCUT2D eigenvalue weighted by Gasteiger charge is 2.23. The zero-order valence-corrected chi connectivity index (χ0v) is 10.3. The Bertz CT molecular complexity index is 403. The highest BCUT2D eigenvalue weighted by Crippen LogP contribution is 2.24. The SMILES string of the molecule is C[C@@H]1CCCC[C@@H]1NC(=O)c1cccc(N)c1. The normalized spacial score (nSPS) is 24.3. The van der Waals surface area contributed by atoms with Gasteiger partial charge in [-0.3, -0.25) is 4.79 Å². The Labute approximate surface area is 102 Å². The summed E-state index contributed by atoms with van der Waals surface area (Å²) >= 11 is 0. The third kappa shape index (κ3) is 2.99. The van der Waals surface area contributed by atoms with E-state index in [2.05, 4.69) is 12.2 Å². The van der Waals surface area contributed by atoms with Crippen molar-refractivity contribution in [2.75, 3.05) is 5.73 Å². The van der Waals surface area contributed by atoms with Gasteiger partial charge in [0, 0.05) is 17.3 Å². The molecule has 1 aromatic carbocycles. The van der Waals surface area contributed by atoms with Crippen molar-refractivity contribution in [3.8, 4) is 0 Å². The maximum Gasteiger partial charge on any atom is 0.251 e. The molecule has 0 heterocycles. The number of carbonyl (C=O) groups excluding carboxylic acids is 1. The Morgan fingerprint density at radius 1 is 1.35 bits per heavy atom. The standard InChI is InChI=1S/C14H20N2O/c1-10-5-2-3-8-13(10)16-14(17)11-6-4-7-12(15)9-11/h4,6-7,9-10,13H,2-3,5,8,15H2,1H3,(H,16,17)/t10-,13+/m1/s1. The van der Waals surface area contributed by atoms with Gasteiger partial charge in [0.2, 0.25) is 0 Å². The number of nitrogens with two attached hydrogens (primary N) is 1. The van der Waals surface area contributed by atoms with E-state index in [1.807, 2.05) is 6.07 Å². The van der Waals surface area contributed by atoms with Crippen molar-refractivity contribution in [2.24, 2.45) is 5.92 Å². The van der Waals surface area contributed by atoms with Crippen molar-refractivity contribution in [2.45, 2.75) is 38.6 Å². The lowest BCUT2D eigenvalue weighted by Gasteiger charge is -2.29. The van der Waals surface area contributed by atoms with Crippen molar-refractivity contribution >= 4 is 11.6 Å². The summed E-state index contributed by atoms with van der Waals surface area (Å²) in [5, 5.41) is 3.12. The molecule has 2 atom stereocenters. The molecule has 0 aliphatic heterocycles. The van der Waals surface area contributed by atoms with Gasteiger partial charge in [0.15, 0.2) is 0 Å². The van der Waals surface area contributed by atoms with Crippen LogP contribution in [-0.2, 0) is 0 Å². The monoisotopic (exact) mass is 232 g/mol. The Balaban J connectivity index is 2.01.